The van der Waals surface area contributed by atoms with Gasteiger partial charge in [-0.1, -0.05) is 36.4 Å². The zero-order chi connectivity index (χ0) is 18.9. The van der Waals surface area contributed by atoms with Gasteiger partial charge in [-0.15, -0.1) is 6.58 Å². The number of benzene rings is 2. The number of rotatable bonds is 7. The van der Waals surface area contributed by atoms with Crippen LogP contribution in [0.2, 0.25) is 0 Å². The van der Waals surface area contributed by atoms with Gasteiger partial charge in [0.25, 0.3) is 11.8 Å². The van der Waals surface area contributed by atoms with Crippen LogP contribution < -0.4 is 15.5 Å². The first-order chi connectivity index (χ1) is 12.5. The molecule has 5 nitrogen and oxygen atoms in total. The van der Waals surface area contributed by atoms with Crippen LogP contribution >= 0.6 is 0 Å². The Hall–Kier alpha value is -3.34. The Kier molecular flexibility index (Phi) is 6.74. The summed E-state index contributed by atoms with van der Waals surface area (Å²) in [6.07, 6.45) is 3.24. The highest BCUT2D eigenvalue weighted by atomic mass is 16.2. The van der Waals surface area contributed by atoms with Gasteiger partial charge in [-0.2, -0.15) is 0 Å². The van der Waals surface area contributed by atoms with E-state index in [4.69, 9.17) is 0 Å². The molecule has 5 heteroatoms. The minimum Gasteiger partial charge on any atom is -0.378 e. The number of carbonyl (C=O) groups excluding carboxylic acids is 2. The Morgan fingerprint density at radius 2 is 1.69 bits per heavy atom. The molecule has 0 atom stereocenters. The number of nitrogens with zero attached hydrogens (tertiary/aromatic N) is 1. The Morgan fingerprint density at radius 3 is 2.27 bits per heavy atom. The maximum atomic E-state index is 12.4. The molecule has 0 aliphatic carbocycles. The van der Waals surface area contributed by atoms with E-state index in [-0.39, 0.29) is 17.5 Å². The van der Waals surface area contributed by atoms with E-state index in [9.17, 15) is 9.59 Å². The van der Waals surface area contributed by atoms with Crippen molar-refractivity contribution in [2.75, 3.05) is 25.5 Å². The minimum absolute atomic E-state index is 0.179. The summed E-state index contributed by atoms with van der Waals surface area (Å²) in [6, 6.07) is 16.5. The van der Waals surface area contributed by atoms with Crippen LogP contribution in [-0.2, 0) is 4.79 Å². The molecule has 0 aliphatic rings. The summed E-state index contributed by atoms with van der Waals surface area (Å²) in [5, 5.41) is 5.38. The second kappa shape index (κ2) is 9.22. The number of amides is 2. The van der Waals surface area contributed by atoms with Crippen molar-refractivity contribution in [1.29, 1.82) is 0 Å². The molecular weight excluding hydrogens is 326 g/mol. The Balaban J connectivity index is 2.26. The normalized spacial score (nSPS) is 10.8. The number of hydrogen-bond acceptors (Lipinski definition) is 3. The summed E-state index contributed by atoms with van der Waals surface area (Å²) in [7, 11) is 3.91. The summed E-state index contributed by atoms with van der Waals surface area (Å²) in [5.74, 6) is -0.707. The third-order valence-corrected chi connectivity index (χ3v) is 3.66. The molecule has 0 unspecified atom stereocenters. The third kappa shape index (κ3) is 5.34. The van der Waals surface area contributed by atoms with Crippen molar-refractivity contribution in [1.82, 2.24) is 10.6 Å². The van der Waals surface area contributed by atoms with E-state index in [1.54, 1.807) is 36.4 Å². The van der Waals surface area contributed by atoms with E-state index < -0.39 is 0 Å². The molecule has 0 saturated carbocycles. The molecular formula is C21H23N3O2. The fourth-order valence-electron chi connectivity index (χ4n) is 2.24. The predicted octanol–water partition coefficient (Wildman–Crippen LogP) is 2.83. The van der Waals surface area contributed by atoms with Crippen LogP contribution in [0.5, 0.6) is 0 Å². The molecule has 0 aliphatic heterocycles. The molecule has 26 heavy (non-hydrogen) atoms. The number of nitrogens with one attached hydrogen (secondary N) is 2. The Morgan fingerprint density at radius 1 is 1.04 bits per heavy atom. The van der Waals surface area contributed by atoms with Crippen LogP contribution in [0.25, 0.3) is 6.08 Å². The molecule has 0 spiro atoms. The van der Waals surface area contributed by atoms with Gasteiger partial charge in [0.15, 0.2) is 0 Å². The van der Waals surface area contributed by atoms with Gasteiger partial charge in [0.05, 0.1) is 0 Å². The van der Waals surface area contributed by atoms with Gasteiger partial charge >= 0.3 is 0 Å². The SMILES string of the molecule is C=CCNC(=O)/C(=C/c1ccc(N(C)C)cc1)NC(=O)c1ccccc1. The lowest BCUT2D eigenvalue weighted by molar-refractivity contribution is -0.117. The molecule has 2 rings (SSSR count). The molecule has 0 saturated heterocycles. The Labute approximate surface area is 154 Å². The lowest BCUT2D eigenvalue weighted by Crippen LogP contribution is -2.34. The van der Waals surface area contributed by atoms with Gasteiger partial charge in [0.1, 0.15) is 5.70 Å². The maximum Gasteiger partial charge on any atom is 0.268 e. The van der Waals surface area contributed by atoms with E-state index in [1.165, 1.54) is 0 Å². The maximum absolute atomic E-state index is 12.4. The summed E-state index contributed by atoms with van der Waals surface area (Å²) in [6.45, 7) is 3.90. The second-order valence-corrected chi connectivity index (χ2v) is 5.86. The zero-order valence-electron chi connectivity index (χ0n) is 15.0. The van der Waals surface area contributed by atoms with Crippen LogP contribution in [-0.4, -0.2) is 32.5 Å². The highest BCUT2D eigenvalue weighted by Crippen LogP contribution is 2.14. The molecule has 134 valence electrons. The molecule has 0 fully saturated rings. The molecule has 2 N–H and O–H groups in total. The second-order valence-electron chi connectivity index (χ2n) is 5.86. The molecule has 2 aromatic carbocycles. The number of hydrogen-bond donors (Lipinski definition) is 2. The predicted molar refractivity (Wildman–Crippen MR) is 106 cm³/mol. The topological polar surface area (TPSA) is 61.4 Å². The zero-order valence-corrected chi connectivity index (χ0v) is 15.0. The van der Waals surface area contributed by atoms with Crippen LogP contribution in [0.1, 0.15) is 15.9 Å². The molecule has 2 aromatic rings. The summed E-state index contributed by atoms with van der Waals surface area (Å²) in [5.41, 5.74) is 2.53. The van der Waals surface area contributed by atoms with Crippen LogP contribution in [0.3, 0.4) is 0 Å². The van der Waals surface area contributed by atoms with Crippen LogP contribution in [0.4, 0.5) is 5.69 Å². The largest absolute Gasteiger partial charge is 0.378 e. The summed E-state index contributed by atoms with van der Waals surface area (Å²) < 4.78 is 0. The first-order valence-corrected chi connectivity index (χ1v) is 8.26. The smallest absolute Gasteiger partial charge is 0.268 e. The molecule has 0 bridgehead atoms. The minimum atomic E-state index is -0.370. The van der Waals surface area contributed by atoms with Gasteiger partial charge in [-0.3, -0.25) is 9.59 Å². The molecule has 0 aromatic heterocycles. The number of carbonyl (C=O) groups is 2. The van der Waals surface area contributed by atoms with Gasteiger partial charge in [-0.05, 0) is 35.9 Å². The highest BCUT2D eigenvalue weighted by Gasteiger charge is 2.14. The average Bonchev–Trinajstić information content (AvgIpc) is 2.66. The van der Waals surface area contributed by atoms with Crippen molar-refractivity contribution in [3.63, 3.8) is 0 Å². The van der Waals surface area contributed by atoms with E-state index >= 15 is 0 Å². The average molecular weight is 349 g/mol. The van der Waals surface area contributed by atoms with Crippen molar-refractivity contribution in [2.45, 2.75) is 0 Å². The van der Waals surface area contributed by atoms with Crippen molar-refractivity contribution in [3.8, 4) is 0 Å². The van der Waals surface area contributed by atoms with E-state index in [1.807, 2.05) is 49.3 Å². The van der Waals surface area contributed by atoms with Gasteiger partial charge in [-0.25, -0.2) is 0 Å². The van der Waals surface area contributed by atoms with E-state index in [2.05, 4.69) is 17.2 Å². The molecule has 0 radical (unpaired) electrons. The van der Waals surface area contributed by atoms with Crippen molar-refractivity contribution in [2.24, 2.45) is 0 Å². The standard InChI is InChI=1S/C21H23N3O2/c1-4-14-22-21(26)19(23-20(25)17-8-6-5-7-9-17)15-16-10-12-18(13-11-16)24(2)3/h4-13,15H,1,14H2,2-3H3,(H,22,26)(H,23,25)/b19-15-. The lowest BCUT2D eigenvalue weighted by atomic mass is 10.1. The first-order valence-electron chi connectivity index (χ1n) is 8.26. The molecule has 2 amide bonds. The highest BCUT2D eigenvalue weighted by molar-refractivity contribution is 6.05. The van der Waals surface area contributed by atoms with E-state index in [0.29, 0.717) is 12.1 Å². The molecule has 0 heterocycles. The summed E-state index contributed by atoms with van der Waals surface area (Å²) in [4.78, 5) is 26.8. The van der Waals surface area contributed by atoms with Crippen molar-refractivity contribution >= 4 is 23.6 Å². The third-order valence-electron chi connectivity index (χ3n) is 3.66. The fraction of sp³-hybridized carbons (Fsp3) is 0.143. The van der Waals surface area contributed by atoms with E-state index in [0.717, 1.165) is 11.3 Å². The quantitative estimate of drug-likeness (QED) is 0.597. The number of anilines is 1. The summed E-state index contributed by atoms with van der Waals surface area (Å²) >= 11 is 0. The Bertz CT molecular complexity index is 794. The van der Waals surface area contributed by atoms with Crippen molar-refractivity contribution < 1.29 is 9.59 Å². The monoisotopic (exact) mass is 349 g/mol. The van der Waals surface area contributed by atoms with Gasteiger partial charge in [0, 0.05) is 31.9 Å². The fourth-order valence-corrected chi connectivity index (χ4v) is 2.24. The van der Waals surface area contributed by atoms with Gasteiger partial charge in [0.2, 0.25) is 0 Å². The first kappa shape index (κ1) is 19.0. The lowest BCUT2D eigenvalue weighted by Gasteiger charge is -2.13. The van der Waals surface area contributed by atoms with Crippen LogP contribution in [0, 0.1) is 0 Å². The van der Waals surface area contributed by atoms with Crippen molar-refractivity contribution in [3.05, 3.63) is 84.1 Å². The van der Waals surface area contributed by atoms with Crippen LogP contribution in [0.15, 0.2) is 72.9 Å². The van der Waals surface area contributed by atoms with Gasteiger partial charge < -0.3 is 15.5 Å².